The third-order valence-electron chi connectivity index (χ3n) is 3.01. The molecule has 0 radical (unpaired) electrons. The number of aryl methyl sites for hydroxylation is 1. The topological polar surface area (TPSA) is 21.3 Å². The van der Waals surface area contributed by atoms with Crippen LogP contribution in [0.1, 0.15) is 43.9 Å². The van der Waals surface area contributed by atoms with E-state index >= 15 is 0 Å². The lowest BCUT2D eigenvalue weighted by Gasteiger charge is -2.21. The summed E-state index contributed by atoms with van der Waals surface area (Å²) in [7, 11) is 0. The Bertz CT molecular complexity index is 354. The van der Waals surface area contributed by atoms with Crippen LogP contribution in [-0.4, -0.2) is 19.8 Å². The highest BCUT2D eigenvalue weighted by Crippen LogP contribution is 2.22. The first-order chi connectivity index (χ1) is 8.69. The van der Waals surface area contributed by atoms with Crippen LogP contribution in [0.5, 0.6) is 0 Å². The Morgan fingerprint density at radius 3 is 2.78 bits per heavy atom. The monoisotopic (exact) mass is 253 g/mol. The molecule has 0 spiro atoms. The summed E-state index contributed by atoms with van der Waals surface area (Å²) in [6, 6.07) is 5.16. The van der Waals surface area contributed by atoms with Gasteiger partial charge in [-0.15, -0.1) is 0 Å². The molecule has 18 heavy (non-hydrogen) atoms. The Balaban J connectivity index is 2.75. The number of hydrogen-bond donors (Lipinski definition) is 1. The zero-order valence-electron chi connectivity index (χ0n) is 11.6. The SMILES string of the molecule is CCCNC(CCOCC)c1cc(F)ccc1C. The van der Waals surface area contributed by atoms with Gasteiger partial charge in [-0.05, 0) is 56.5 Å². The highest BCUT2D eigenvalue weighted by molar-refractivity contribution is 5.29. The molecular formula is C15H24FNO. The maximum Gasteiger partial charge on any atom is 0.123 e. The lowest BCUT2D eigenvalue weighted by atomic mass is 9.98. The molecule has 1 rings (SSSR count). The quantitative estimate of drug-likeness (QED) is 0.715. The normalized spacial score (nSPS) is 12.7. The lowest BCUT2D eigenvalue weighted by Crippen LogP contribution is -2.24. The van der Waals surface area contributed by atoms with Crippen LogP contribution in [0.2, 0.25) is 0 Å². The van der Waals surface area contributed by atoms with Gasteiger partial charge in [-0.1, -0.05) is 13.0 Å². The van der Waals surface area contributed by atoms with Gasteiger partial charge < -0.3 is 10.1 Å². The van der Waals surface area contributed by atoms with Gasteiger partial charge in [0.05, 0.1) is 0 Å². The van der Waals surface area contributed by atoms with E-state index in [-0.39, 0.29) is 11.9 Å². The maximum atomic E-state index is 13.4. The Morgan fingerprint density at radius 1 is 1.33 bits per heavy atom. The zero-order chi connectivity index (χ0) is 13.4. The molecule has 0 amide bonds. The van der Waals surface area contributed by atoms with E-state index in [9.17, 15) is 4.39 Å². The van der Waals surface area contributed by atoms with Gasteiger partial charge in [0, 0.05) is 19.3 Å². The molecule has 0 aromatic heterocycles. The first-order valence-electron chi connectivity index (χ1n) is 6.76. The number of halogens is 1. The van der Waals surface area contributed by atoms with Gasteiger partial charge in [0.25, 0.3) is 0 Å². The van der Waals surface area contributed by atoms with Crippen molar-refractivity contribution in [1.29, 1.82) is 0 Å². The molecule has 1 N–H and O–H groups in total. The predicted octanol–water partition coefficient (Wildman–Crippen LogP) is 3.60. The molecule has 2 nitrogen and oxygen atoms in total. The minimum Gasteiger partial charge on any atom is -0.382 e. The van der Waals surface area contributed by atoms with Gasteiger partial charge in [-0.3, -0.25) is 0 Å². The fourth-order valence-corrected chi connectivity index (χ4v) is 2.02. The summed E-state index contributed by atoms with van der Waals surface area (Å²) >= 11 is 0. The van der Waals surface area contributed by atoms with Crippen LogP contribution >= 0.6 is 0 Å². The molecule has 0 aliphatic heterocycles. The average Bonchev–Trinajstić information content (AvgIpc) is 2.37. The lowest BCUT2D eigenvalue weighted by molar-refractivity contribution is 0.136. The number of benzene rings is 1. The smallest absolute Gasteiger partial charge is 0.123 e. The van der Waals surface area contributed by atoms with E-state index in [0.29, 0.717) is 6.61 Å². The van der Waals surface area contributed by atoms with Gasteiger partial charge in [-0.2, -0.15) is 0 Å². The summed E-state index contributed by atoms with van der Waals surface area (Å²) in [6.07, 6.45) is 1.94. The van der Waals surface area contributed by atoms with Gasteiger partial charge in [-0.25, -0.2) is 4.39 Å². The van der Waals surface area contributed by atoms with Crippen LogP contribution in [0.25, 0.3) is 0 Å². The van der Waals surface area contributed by atoms with Crippen molar-refractivity contribution in [3.05, 3.63) is 35.1 Å². The molecule has 0 fully saturated rings. The second-order valence-corrected chi connectivity index (χ2v) is 4.49. The summed E-state index contributed by atoms with van der Waals surface area (Å²) in [5, 5.41) is 3.47. The zero-order valence-corrected chi connectivity index (χ0v) is 11.6. The number of nitrogens with one attached hydrogen (secondary N) is 1. The Labute approximate surface area is 110 Å². The first-order valence-corrected chi connectivity index (χ1v) is 6.76. The average molecular weight is 253 g/mol. The van der Waals surface area contributed by atoms with Crippen molar-refractivity contribution >= 4 is 0 Å². The Kier molecular flexibility index (Phi) is 6.91. The molecule has 3 heteroatoms. The fraction of sp³-hybridized carbons (Fsp3) is 0.600. The Morgan fingerprint density at radius 2 is 2.11 bits per heavy atom. The van der Waals surface area contributed by atoms with Gasteiger partial charge in [0.2, 0.25) is 0 Å². The van der Waals surface area contributed by atoms with Crippen molar-refractivity contribution in [3.8, 4) is 0 Å². The standard InChI is InChI=1S/C15H24FNO/c1-4-9-17-15(8-10-18-5-2)14-11-13(16)7-6-12(14)3/h6-7,11,15,17H,4-5,8-10H2,1-3H3. The van der Waals surface area contributed by atoms with Crippen molar-refractivity contribution in [2.45, 2.75) is 39.7 Å². The number of hydrogen-bond acceptors (Lipinski definition) is 2. The fourth-order valence-electron chi connectivity index (χ4n) is 2.02. The highest BCUT2D eigenvalue weighted by Gasteiger charge is 2.13. The third-order valence-corrected chi connectivity index (χ3v) is 3.01. The minimum atomic E-state index is -0.171. The van der Waals surface area contributed by atoms with Crippen LogP contribution in [0.15, 0.2) is 18.2 Å². The second-order valence-electron chi connectivity index (χ2n) is 4.49. The summed E-state index contributed by atoms with van der Waals surface area (Å²) in [6.45, 7) is 8.51. The molecule has 0 aliphatic carbocycles. The number of ether oxygens (including phenoxy) is 1. The van der Waals surface area contributed by atoms with E-state index in [1.807, 2.05) is 19.9 Å². The van der Waals surface area contributed by atoms with Gasteiger partial charge in [0.1, 0.15) is 5.82 Å². The molecular weight excluding hydrogens is 229 g/mol. The largest absolute Gasteiger partial charge is 0.382 e. The van der Waals surface area contributed by atoms with Crippen molar-refractivity contribution in [3.63, 3.8) is 0 Å². The first kappa shape index (κ1) is 15.1. The van der Waals surface area contributed by atoms with Crippen LogP contribution in [-0.2, 0) is 4.74 Å². The molecule has 1 atom stereocenters. The van der Waals surface area contributed by atoms with Crippen molar-refractivity contribution in [2.75, 3.05) is 19.8 Å². The molecule has 1 aromatic rings. The predicted molar refractivity (Wildman–Crippen MR) is 73.3 cm³/mol. The molecule has 0 heterocycles. The van der Waals surface area contributed by atoms with Crippen molar-refractivity contribution < 1.29 is 9.13 Å². The van der Waals surface area contributed by atoms with Crippen LogP contribution in [0.3, 0.4) is 0 Å². The van der Waals surface area contributed by atoms with Crippen LogP contribution in [0.4, 0.5) is 4.39 Å². The van der Waals surface area contributed by atoms with Gasteiger partial charge in [0.15, 0.2) is 0 Å². The van der Waals surface area contributed by atoms with E-state index < -0.39 is 0 Å². The van der Waals surface area contributed by atoms with E-state index in [2.05, 4.69) is 12.2 Å². The molecule has 0 saturated carbocycles. The molecule has 0 bridgehead atoms. The summed E-state index contributed by atoms with van der Waals surface area (Å²) in [5.74, 6) is -0.171. The minimum absolute atomic E-state index is 0.171. The second kappa shape index (κ2) is 8.22. The molecule has 102 valence electrons. The van der Waals surface area contributed by atoms with Crippen LogP contribution in [0, 0.1) is 12.7 Å². The third kappa shape index (κ3) is 4.75. The summed E-state index contributed by atoms with van der Waals surface area (Å²) < 4.78 is 18.8. The molecule has 1 aromatic carbocycles. The van der Waals surface area contributed by atoms with E-state index in [0.717, 1.165) is 37.1 Å². The van der Waals surface area contributed by atoms with E-state index in [4.69, 9.17) is 4.74 Å². The highest BCUT2D eigenvalue weighted by atomic mass is 19.1. The van der Waals surface area contributed by atoms with Crippen molar-refractivity contribution in [2.24, 2.45) is 0 Å². The molecule has 0 aliphatic rings. The van der Waals surface area contributed by atoms with Gasteiger partial charge >= 0.3 is 0 Å². The maximum absolute atomic E-state index is 13.4. The van der Waals surface area contributed by atoms with E-state index in [1.54, 1.807) is 6.07 Å². The summed E-state index contributed by atoms with van der Waals surface area (Å²) in [5.41, 5.74) is 2.17. The molecule has 1 unspecified atom stereocenters. The van der Waals surface area contributed by atoms with Crippen LogP contribution < -0.4 is 5.32 Å². The van der Waals surface area contributed by atoms with E-state index in [1.165, 1.54) is 6.07 Å². The van der Waals surface area contributed by atoms with Crippen molar-refractivity contribution in [1.82, 2.24) is 5.32 Å². The molecule has 0 saturated heterocycles. The Hall–Kier alpha value is -0.930. The number of rotatable bonds is 8. The summed E-state index contributed by atoms with van der Waals surface area (Å²) in [4.78, 5) is 0.